The molecular formula is C15H20N2O. The van der Waals surface area contributed by atoms with E-state index in [2.05, 4.69) is 23.5 Å². The Balaban J connectivity index is 1.66. The molecule has 3 nitrogen and oxygen atoms in total. The van der Waals surface area contributed by atoms with Crippen LogP contribution < -0.4 is 5.32 Å². The van der Waals surface area contributed by atoms with Crippen LogP contribution >= 0.6 is 0 Å². The van der Waals surface area contributed by atoms with Crippen LogP contribution in [0.25, 0.3) is 0 Å². The fourth-order valence-electron chi connectivity index (χ4n) is 2.89. The number of nitrogens with one attached hydrogen (secondary N) is 1. The van der Waals surface area contributed by atoms with Crippen LogP contribution in [0.15, 0.2) is 18.2 Å². The molecule has 2 aliphatic heterocycles. The molecule has 0 bridgehead atoms. The van der Waals surface area contributed by atoms with Crippen LogP contribution in [0, 0.1) is 0 Å². The highest BCUT2D eigenvalue weighted by molar-refractivity contribution is 5.79. The third-order valence-electron chi connectivity index (χ3n) is 3.97. The van der Waals surface area contributed by atoms with Gasteiger partial charge in [-0.2, -0.15) is 0 Å². The standard InChI is InChI=1S/C15H20N2O/c18-15(17-6-2-1-3-7-17)9-12-4-5-13-10-16-11-14(13)8-12/h4-5,8,16H,1-3,6-7,9-11H2. The second-order valence-corrected chi connectivity index (χ2v) is 5.32. The Bertz CT molecular complexity index is 450. The Kier molecular flexibility index (Phi) is 3.33. The number of benzene rings is 1. The van der Waals surface area contributed by atoms with Crippen LogP contribution in [0.5, 0.6) is 0 Å². The van der Waals surface area contributed by atoms with Crippen LogP contribution in [0.3, 0.4) is 0 Å². The normalized spacial score (nSPS) is 18.8. The minimum atomic E-state index is 0.292. The number of amides is 1. The van der Waals surface area contributed by atoms with Crippen molar-refractivity contribution >= 4 is 5.91 Å². The molecule has 0 spiro atoms. The summed E-state index contributed by atoms with van der Waals surface area (Å²) in [6.45, 7) is 3.81. The Hall–Kier alpha value is -1.35. The molecule has 1 saturated heterocycles. The van der Waals surface area contributed by atoms with E-state index in [4.69, 9.17) is 0 Å². The van der Waals surface area contributed by atoms with Gasteiger partial charge in [-0.05, 0) is 36.0 Å². The topological polar surface area (TPSA) is 32.3 Å². The van der Waals surface area contributed by atoms with E-state index in [0.29, 0.717) is 12.3 Å². The van der Waals surface area contributed by atoms with Gasteiger partial charge >= 0.3 is 0 Å². The lowest BCUT2D eigenvalue weighted by Gasteiger charge is -2.26. The van der Waals surface area contributed by atoms with E-state index in [1.165, 1.54) is 30.4 Å². The second kappa shape index (κ2) is 5.11. The summed E-state index contributed by atoms with van der Waals surface area (Å²) in [6.07, 6.45) is 4.17. The largest absolute Gasteiger partial charge is 0.342 e. The van der Waals surface area contributed by atoms with Crippen molar-refractivity contribution in [2.45, 2.75) is 38.8 Å². The minimum absolute atomic E-state index is 0.292. The van der Waals surface area contributed by atoms with Gasteiger partial charge in [0.15, 0.2) is 0 Å². The first-order valence-corrected chi connectivity index (χ1v) is 6.92. The molecule has 2 aliphatic rings. The zero-order valence-electron chi connectivity index (χ0n) is 10.7. The van der Waals surface area contributed by atoms with E-state index in [1.54, 1.807) is 0 Å². The average Bonchev–Trinajstić information content (AvgIpc) is 2.87. The molecule has 1 N–H and O–H groups in total. The highest BCUT2D eigenvalue weighted by Crippen LogP contribution is 2.18. The predicted molar refractivity (Wildman–Crippen MR) is 71.1 cm³/mol. The summed E-state index contributed by atoms with van der Waals surface area (Å²) in [4.78, 5) is 14.2. The Labute approximate surface area is 108 Å². The van der Waals surface area contributed by atoms with Gasteiger partial charge in [-0.3, -0.25) is 4.79 Å². The molecule has 0 radical (unpaired) electrons. The van der Waals surface area contributed by atoms with E-state index in [9.17, 15) is 4.79 Å². The first-order valence-electron chi connectivity index (χ1n) is 6.92. The maximum absolute atomic E-state index is 12.2. The summed E-state index contributed by atoms with van der Waals surface area (Å²) in [5.74, 6) is 0.292. The Morgan fingerprint density at radius 1 is 1.11 bits per heavy atom. The van der Waals surface area contributed by atoms with E-state index in [0.717, 1.165) is 31.7 Å². The van der Waals surface area contributed by atoms with Gasteiger partial charge in [-0.25, -0.2) is 0 Å². The SMILES string of the molecule is O=C(Cc1ccc2c(c1)CNC2)N1CCCCC1. The number of likely N-dealkylation sites (tertiary alicyclic amines) is 1. The lowest BCUT2D eigenvalue weighted by atomic mass is 10.0. The fraction of sp³-hybridized carbons (Fsp3) is 0.533. The van der Waals surface area contributed by atoms with Crippen LogP contribution in [0.2, 0.25) is 0 Å². The molecule has 1 aromatic carbocycles. The van der Waals surface area contributed by atoms with Crippen molar-refractivity contribution in [3.05, 3.63) is 34.9 Å². The molecule has 1 fully saturated rings. The number of nitrogens with zero attached hydrogens (tertiary/aromatic N) is 1. The number of fused-ring (bicyclic) bond motifs is 1. The summed E-state index contributed by atoms with van der Waals surface area (Å²) in [7, 11) is 0. The van der Waals surface area contributed by atoms with Gasteiger partial charge < -0.3 is 10.2 Å². The maximum atomic E-state index is 12.2. The molecule has 2 heterocycles. The summed E-state index contributed by atoms with van der Waals surface area (Å²) < 4.78 is 0. The Morgan fingerprint density at radius 3 is 2.72 bits per heavy atom. The van der Waals surface area contributed by atoms with Crippen molar-refractivity contribution in [1.29, 1.82) is 0 Å². The molecule has 1 amide bonds. The monoisotopic (exact) mass is 244 g/mol. The molecule has 0 aliphatic carbocycles. The van der Waals surface area contributed by atoms with Gasteiger partial charge in [0.2, 0.25) is 5.91 Å². The summed E-state index contributed by atoms with van der Waals surface area (Å²) in [6, 6.07) is 6.46. The molecule has 0 unspecified atom stereocenters. The van der Waals surface area contributed by atoms with Gasteiger partial charge in [0.25, 0.3) is 0 Å². The Morgan fingerprint density at radius 2 is 1.89 bits per heavy atom. The van der Waals surface area contributed by atoms with Crippen LogP contribution in [-0.4, -0.2) is 23.9 Å². The van der Waals surface area contributed by atoms with Gasteiger partial charge in [-0.15, -0.1) is 0 Å². The second-order valence-electron chi connectivity index (χ2n) is 5.32. The molecule has 0 saturated carbocycles. The quantitative estimate of drug-likeness (QED) is 0.861. The van der Waals surface area contributed by atoms with Crippen molar-refractivity contribution in [3.8, 4) is 0 Å². The van der Waals surface area contributed by atoms with Gasteiger partial charge in [0.05, 0.1) is 6.42 Å². The summed E-state index contributed by atoms with van der Waals surface area (Å²) in [5, 5.41) is 3.34. The van der Waals surface area contributed by atoms with Crippen LogP contribution in [0.4, 0.5) is 0 Å². The first-order chi connectivity index (χ1) is 8.83. The zero-order valence-corrected chi connectivity index (χ0v) is 10.7. The number of piperidine rings is 1. The van der Waals surface area contributed by atoms with Crippen LogP contribution in [0.1, 0.15) is 36.0 Å². The minimum Gasteiger partial charge on any atom is -0.342 e. The third-order valence-corrected chi connectivity index (χ3v) is 3.97. The van der Waals surface area contributed by atoms with Crippen molar-refractivity contribution in [2.24, 2.45) is 0 Å². The van der Waals surface area contributed by atoms with Crippen molar-refractivity contribution in [3.63, 3.8) is 0 Å². The lowest BCUT2D eigenvalue weighted by Crippen LogP contribution is -2.36. The summed E-state index contributed by atoms with van der Waals surface area (Å²) >= 11 is 0. The van der Waals surface area contributed by atoms with Crippen molar-refractivity contribution in [2.75, 3.05) is 13.1 Å². The highest BCUT2D eigenvalue weighted by Gasteiger charge is 2.17. The number of carbonyl (C=O) groups is 1. The fourth-order valence-corrected chi connectivity index (χ4v) is 2.89. The van der Waals surface area contributed by atoms with Gasteiger partial charge in [0, 0.05) is 26.2 Å². The first kappa shape index (κ1) is 11.7. The van der Waals surface area contributed by atoms with E-state index in [1.807, 2.05) is 4.90 Å². The van der Waals surface area contributed by atoms with E-state index in [-0.39, 0.29) is 0 Å². The average molecular weight is 244 g/mol. The smallest absolute Gasteiger partial charge is 0.226 e. The van der Waals surface area contributed by atoms with Gasteiger partial charge in [-0.1, -0.05) is 18.2 Å². The van der Waals surface area contributed by atoms with Crippen LogP contribution in [-0.2, 0) is 24.3 Å². The van der Waals surface area contributed by atoms with Crippen molar-refractivity contribution in [1.82, 2.24) is 10.2 Å². The molecular weight excluding hydrogens is 224 g/mol. The van der Waals surface area contributed by atoms with E-state index >= 15 is 0 Å². The number of carbonyl (C=O) groups excluding carboxylic acids is 1. The lowest BCUT2D eigenvalue weighted by molar-refractivity contribution is -0.131. The zero-order chi connectivity index (χ0) is 12.4. The molecule has 0 aromatic heterocycles. The molecule has 1 aromatic rings. The van der Waals surface area contributed by atoms with E-state index < -0.39 is 0 Å². The molecule has 96 valence electrons. The van der Waals surface area contributed by atoms with Crippen molar-refractivity contribution < 1.29 is 4.79 Å². The molecule has 0 atom stereocenters. The summed E-state index contributed by atoms with van der Waals surface area (Å²) in [5.41, 5.74) is 3.90. The molecule has 3 rings (SSSR count). The number of hydrogen-bond donors (Lipinski definition) is 1. The predicted octanol–water partition coefficient (Wildman–Crippen LogP) is 1.84. The van der Waals surface area contributed by atoms with Gasteiger partial charge in [0.1, 0.15) is 0 Å². The third kappa shape index (κ3) is 2.41. The molecule has 3 heteroatoms. The number of rotatable bonds is 2. The molecule has 18 heavy (non-hydrogen) atoms. The maximum Gasteiger partial charge on any atom is 0.226 e. The number of hydrogen-bond acceptors (Lipinski definition) is 2. The highest BCUT2D eigenvalue weighted by atomic mass is 16.2.